The summed E-state index contributed by atoms with van der Waals surface area (Å²) in [5, 5.41) is 7.57. The Balaban J connectivity index is 0.00000242. The monoisotopic (exact) mass is 330 g/mol. The standard InChI is InChI=1S/C15H26N4O2.ClH/c1-4-19(6-7-21-5-2)15(20)14-10-16-9-13(14)12-8-17-18(3)11-12;/h8,11,13-14,16H,4-7,9-10H2,1-3H3;1H/t13-,14+;/m1./s1. The average Bonchev–Trinajstić information content (AvgIpc) is 3.11. The molecule has 0 aromatic carbocycles. The maximum absolute atomic E-state index is 12.8. The summed E-state index contributed by atoms with van der Waals surface area (Å²) < 4.78 is 7.16. The molecule has 126 valence electrons. The van der Waals surface area contributed by atoms with Crippen molar-refractivity contribution >= 4 is 18.3 Å². The van der Waals surface area contributed by atoms with Crippen LogP contribution in [0.3, 0.4) is 0 Å². The number of nitrogens with one attached hydrogen (secondary N) is 1. The molecular weight excluding hydrogens is 304 g/mol. The molecule has 22 heavy (non-hydrogen) atoms. The number of carbonyl (C=O) groups excluding carboxylic acids is 1. The Hall–Kier alpha value is -1.11. The van der Waals surface area contributed by atoms with E-state index >= 15 is 0 Å². The zero-order valence-corrected chi connectivity index (χ0v) is 14.4. The molecule has 1 amide bonds. The molecule has 0 unspecified atom stereocenters. The quantitative estimate of drug-likeness (QED) is 0.759. The summed E-state index contributed by atoms with van der Waals surface area (Å²) >= 11 is 0. The molecule has 1 fully saturated rings. The average molecular weight is 331 g/mol. The molecule has 6 nitrogen and oxygen atoms in total. The molecule has 2 atom stereocenters. The van der Waals surface area contributed by atoms with Crippen molar-refractivity contribution in [1.82, 2.24) is 20.0 Å². The summed E-state index contributed by atoms with van der Waals surface area (Å²) in [6.45, 7) is 8.25. The van der Waals surface area contributed by atoms with Gasteiger partial charge in [-0.05, 0) is 19.4 Å². The molecule has 1 aliphatic heterocycles. The number of hydrogen-bond acceptors (Lipinski definition) is 4. The van der Waals surface area contributed by atoms with E-state index in [-0.39, 0.29) is 30.2 Å². The van der Waals surface area contributed by atoms with Gasteiger partial charge in [0.2, 0.25) is 5.91 Å². The number of nitrogens with zero attached hydrogens (tertiary/aromatic N) is 3. The van der Waals surface area contributed by atoms with E-state index in [4.69, 9.17) is 4.74 Å². The van der Waals surface area contributed by atoms with Gasteiger partial charge in [0, 0.05) is 51.9 Å². The van der Waals surface area contributed by atoms with Crippen LogP contribution in [0.25, 0.3) is 0 Å². The van der Waals surface area contributed by atoms with Crippen LogP contribution in [0.4, 0.5) is 0 Å². The third-order valence-corrected chi connectivity index (χ3v) is 4.09. The van der Waals surface area contributed by atoms with Gasteiger partial charge < -0.3 is 15.0 Å². The molecule has 0 radical (unpaired) electrons. The van der Waals surface area contributed by atoms with Crippen LogP contribution in [-0.2, 0) is 16.6 Å². The Morgan fingerprint density at radius 1 is 1.50 bits per heavy atom. The first-order valence-electron chi connectivity index (χ1n) is 7.73. The zero-order chi connectivity index (χ0) is 15.2. The number of amides is 1. The number of hydrogen-bond donors (Lipinski definition) is 1. The van der Waals surface area contributed by atoms with Gasteiger partial charge in [-0.3, -0.25) is 9.48 Å². The van der Waals surface area contributed by atoms with Crippen molar-refractivity contribution in [2.45, 2.75) is 19.8 Å². The highest BCUT2D eigenvalue weighted by Crippen LogP contribution is 2.29. The fourth-order valence-electron chi connectivity index (χ4n) is 2.90. The zero-order valence-electron chi connectivity index (χ0n) is 13.6. The van der Waals surface area contributed by atoms with Crippen LogP contribution in [0.5, 0.6) is 0 Å². The van der Waals surface area contributed by atoms with E-state index in [9.17, 15) is 4.79 Å². The molecule has 0 spiro atoms. The maximum atomic E-state index is 12.8. The minimum Gasteiger partial charge on any atom is -0.380 e. The van der Waals surface area contributed by atoms with E-state index in [1.807, 2.05) is 38.2 Å². The van der Waals surface area contributed by atoms with Gasteiger partial charge in [-0.1, -0.05) is 0 Å². The van der Waals surface area contributed by atoms with Crippen LogP contribution in [0, 0.1) is 5.92 Å². The lowest BCUT2D eigenvalue weighted by atomic mass is 9.90. The summed E-state index contributed by atoms with van der Waals surface area (Å²) in [5.74, 6) is 0.430. The van der Waals surface area contributed by atoms with Crippen molar-refractivity contribution in [3.63, 3.8) is 0 Å². The lowest BCUT2D eigenvalue weighted by Crippen LogP contribution is -2.40. The number of rotatable bonds is 7. The summed E-state index contributed by atoms with van der Waals surface area (Å²) in [6.07, 6.45) is 3.88. The minimum atomic E-state index is -0.00391. The highest BCUT2D eigenvalue weighted by molar-refractivity contribution is 5.85. The maximum Gasteiger partial charge on any atom is 0.227 e. The van der Waals surface area contributed by atoms with Crippen LogP contribution in [0.1, 0.15) is 25.3 Å². The van der Waals surface area contributed by atoms with Gasteiger partial charge in [0.05, 0.1) is 18.7 Å². The van der Waals surface area contributed by atoms with E-state index in [1.54, 1.807) is 4.68 Å². The second kappa shape index (κ2) is 9.12. The lowest BCUT2D eigenvalue weighted by Gasteiger charge is -2.26. The third kappa shape index (κ3) is 4.44. The Kier molecular flexibility index (Phi) is 7.85. The lowest BCUT2D eigenvalue weighted by molar-refractivity contribution is -0.135. The molecular formula is C15H27ClN4O2. The number of likely N-dealkylation sites (N-methyl/N-ethyl adjacent to an activating group) is 1. The van der Waals surface area contributed by atoms with Gasteiger partial charge in [-0.2, -0.15) is 5.10 Å². The molecule has 2 heterocycles. The van der Waals surface area contributed by atoms with E-state index in [0.29, 0.717) is 19.8 Å². The highest BCUT2D eigenvalue weighted by atomic mass is 35.5. The first kappa shape index (κ1) is 18.9. The third-order valence-electron chi connectivity index (χ3n) is 4.09. The molecule has 2 rings (SSSR count). The molecule has 1 aliphatic rings. The molecule has 7 heteroatoms. The van der Waals surface area contributed by atoms with Crippen molar-refractivity contribution in [2.75, 3.05) is 39.4 Å². The van der Waals surface area contributed by atoms with Gasteiger partial charge in [-0.25, -0.2) is 0 Å². The van der Waals surface area contributed by atoms with Gasteiger partial charge in [0.15, 0.2) is 0 Å². The number of aromatic nitrogens is 2. The van der Waals surface area contributed by atoms with Crippen molar-refractivity contribution in [1.29, 1.82) is 0 Å². The van der Waals surface area contributed by atoms with E-state index < -0.39 is 0 Å². The summed E-state index contributed by atoms with van der Waals surface area (Å²) in [7, 11) is 1.91. The smallest absolute Gasteiger partial charge is 0.227 e. The van der Waals surface area contributed by atoms with E-state index in [1.165, 1.54) is 0 Å². The predicted molar refractivity (Wildman–Crippen MR) is 88.3 cm³/mol. The van der Waals surface area contributed by atoms with Crippen LogP contribution in [0.15, 0.2) is 12.4 Å². The van der Waals surface area contributed by atoms with Gasteiger partial charge in [0.1, 0.15) is 0 Å². The van der Waals surface area contributed by atoms with Crippen molar-refractivity contribution in [2.24, 2.45) is 13.0 Å². The second-order valence-corrected chi connectivity index (χ2v) is 5.43. The van der Waals surface area contributed by atoms with E-state index in [0.717, 1.165) is 25.2 Å². The summed E-state index contributed by atoms with van der Waals surface area (Å²) in [6, 6.07) is 0. The SMILES string of the molecule is CCOCCN(CC)C(=O)[C@H]1CNC[C@@H]1c1cnn(C)c1.Cl. The number of aryl methyl sites for hydroxylation is 1. The summed E-state index contributed by atoms with van der Waals surface area (Å²) in [4.78, 5) is 14.7. The first-order chi connectivity index (χ1) is 10.2. The number of halogens is 1. The van der Waals surface area contributed by atoms with E-state index in [2.05, 4.69) is 10.4 Å². The van der Waals surface area contributed by atoms with Gasteiger partial charge in [0.25, 0.3) is 0 Å². The molecule has 0 saturated carbocycles. The largest absolute Gasteiger partial charge is 0.380 e. The first-order valence-corrected chi connectivity index (χ1v) is 7.73. The Morgan fingerprint density at radius 2 is 2.27 bits per heavy atom. The summed E-state index contributed by atoms with van der Waals surface area (Å²) in [5.41, 5.74) is 1.14. The fourth-order valence-corrected chi connectivity index (χ4v) is 2.90. The topological polar surface area (TPSA) is 59.4 Å². The van der Waals surface area contributed by atoms with Gasteiger partial charge in [-0.15, -0.1) is 12.4 Å². The van der Waals surface area contributed by atoms with Crippen molar-refractivity contribution in [3.05, 3.63) is 18.0 Å². The molecule has 1 aromatic rings. The Morgan fingerprint density at radius 3 is 2.86 bits per heavy atom. The molecule has 1 N–H and O–H groups in total. The Bertz CT molecular complexity index is 466. The Labute approximate surface area is 138 Å². The normalized spacial score (nSPS) is 20.7. The number of ether oxygens (including phenoxy) is 1. The van der Waals surface area contributed by atoms with Crippen LogP contribution < -0.4 is 5.32 Å². The molecule has 0 bridgehead atoms. The highest BCUT2D eigenvalue weighted by Gasteiger charge is 2.36. The molecule has 0 aliphatic carbocycles. The predicted octanol–water partition coefficient (Wildman–Crippen LogP) is 1.03. The van der Waals surface area contributed by atoms with Crippen LogP contribution in [-0.4, -0.2) is 60.0 Å². The van der Waals surface area contributed by atoms with Crippen LogP contribution >= 0.6 is 12.4 Å². The van der Waals surface area contributed by atoms with Gasteiger partial charge >= 0.3 is 0 Å². The van der Waals surface area contributed by atoms with Crippen molar-refractivity contribution < 1.29 is 9.53 Å². The molecule has 1 aromatic heterocycles. The minimum absolute atomic E-state index is 0. The fraction of sp³-hybridized carbons (Fsp3) is 0.733. The molecule has 1 saturated heterocycles. The second-order valence-electron chi connectivity index (χ2n) is 5.43. The van der Waals surface area contributed by atoms with Crippen molar-refractivity contribution in [3.8, 4) is 0 Å². The number of carbonyl (C=O) groups is 1. The van der Waals surface area contributed by atoms with Crippen LogP contribution in [0.2, 0.25) is 0 Å².